The first-order chi connectivity index (χ1) is 30.5. The summed E-state index contributed by atoms with van der Waals surface area (Å²) in [6.07, 6.45) is 10.4. The van der Waals surface area contributed by atoms with Crippen LogP contribution in [-0.4, -0.2) is 105 Å². The molecule has 6 aromatic heterocycles. The van der Waals surface area contributed by atoms with E-state index in [9.17, 15) is 0 Å². The van der Waals surface area contributed by atoms with Gasteiger partial charge in [0.15, 0.2) is 22.0 Å². The van der Waals surface area contributed by atoms with Gasteiger partial charge in [-0.05, 0) is 49.2 Å². The predicted octanol–water partition coefficient (Wildman–Crippen LogP) is 7.01. The molecule has 0 aliphatic carbocycles. The molecule has 2 aliphatic heterocycles. The number of thiazole rings is 1. The lowest BCUT2D eigenvalue weighted by Crippen LogP contribution is -2.37. The van der Waals surface area contributed by atoms with Gasteiger partial charge in [-0.15, -0.1) is 0 Å². The van der Waals surface area contributed by atoms with Crippen LogP contribution in [0.15, 0.2) is 112 Å². The summed E-state index contributed by atoms with van der Waals surface area (Å²) in [6.45, 7) is 9.67. The third kappa shape index (κ3) is 9.68. The highest BCUT2D eigenvalue weighted by molar-refractivity contribution is 7.21. The van der Waals surface area contributed by atoms with E-state index in [1.165, 1.54) is 22.5 Å². The maximum absolute atomic E-state index is 5.97. The van der Waals surface area contributed by atoms with Gasteiger partial charge in [-0.3, -0.25) is 9.97 Å². The third-order valence-electron chi connectivity index (χ3n) is 9.80. The van der Waals surface area contributed by atoms with Crippen molar-refractivity contribution in [2.45, 2.75) is 13.8 Å². The second kappa shape index (κ2) is 19.0. The maximum Gasteiger partial charge on any atom is 0.254 e. The summed E-state index contributed by atoms with van der Waals surface area (Å²) in [4.78, 5) is 41.4. The van der Waals surface area contributed by atoms with E-state index in [0.717, 1.165) is 69.6 Å². The molecule has 0 unspecified atom stereocenters. The van der Waals surface area contributed by atoms with Crippen molar-refractivity contribution in [3.05, 3.63) is 120 Å². The Labute approximate surface area is 360 Å². The van der Waals surface area contributed by atoms with Crippen LogP contribution < -0.4 is 20.7 Å². The summed E-state index contributed by atoms with van der Waals surface area (Å²) in [7, 11) is 0. The molecule has 0 bridgehead atoms. The van der Waals surface area contributed by atoms with Gasteiger partial charge in [-0.2, -0.15) is 30.1 Å². The van der Waals surface area contributed by atoms with Crippen molar-refractivity contribution in [1.29, 1.82) is 0 Å². The average molecular weight is 847 g/mol. The Morgan fingerprint density at radius 1 is 0.597 bits per heavy atom. The maximum atomic E-state index is 5.97. The van der Waals surface area contributed by atoms with Gasteiger partial charge in [0.25, 0.3) is 5.71 Å². The van der Waals surface area contributed by atoms with Crippen molar-refractivity contribution in [3.63, 3.8) is 0 Å². The van der Waals surface area contributed by atoms with Crippen molar-refractivity contribution < 1.29 is 13.9 Å². The second-order valence-electron chi connectivity index (χ2n) is 14.3. The fourth-order valence-corrected chi connectivity index (χ4v) is 7.71. The van der Waals surface area contributed by atoms with Crippen LogP contribution in [-0.2, 0) is 9.47 Å². The minimum atomic E-state index is 0.343. The Hall–Kier alpha value is -7.28. The topological polar surface area (TPSA) is 190 Å². The van der Waals surface area contributed by atoms with E-state index in [0.29, 0.717) is 61.3 Å². The number of morpholine rings is 2. The summed E-state index contributed by atoms with van der Waals surface area (Å²) in [5.41, 5.74) is 13.9. The molecule has 2 N–H and O–H groups in total. The molecule has 312 valence electrons. The van der Waals surface area contributed by atoms with Gasteiger partial charge in [0, 0.05) is 62.1 Å². The number of ether oxygens (including phenoxy) is 2. The standard InChI is InChI=1S/C22H21N7O2.C22H21N7OS/c2*1-15-3-2-4-16(13-15)14-24-28-22-26-19(29-9-11-30-12-10-29)18-21(27-22)31-20(25-18)17-5-7-23-8-6-17/h2*2-8,13-14H,9-12H2,1H3,(H,26,27,28)/b2*24-14+. The van der Waals surface area contributed by atoms with E-state index < -0.39 is 0 Å². The molecule has 0 radical (unpaired) electrons. The summed E-state index contributed by atoms with van der Waals surface area (Å²) in [5, 5.41) is 9.53. The lowest BCUT2D eigenvalue weighted by Gasteiger charge is -2.27. The lowest BCUT2D eigenvalue weighted by molar-refractivity contribution is 0.122. The zero-order valence-corrected chi connectivity index (χ0v) is 34.9. The van der Waals surface area contributed by atoms with Gasteiger partial charge in [-0.25, -0.2) is 20.8 Å². The highest BCUT2D eigenvalue weighted by Crippen LogP contribution is 2.34. The minimum absolute atomic E-state index is 0.343. The number of hydrogen-bond acceptors (Lipinski definition) is 18. The molecule has 8 heterocycles. The second-order valence-corrected chi connectivity index (χ2v) is 15.3. The molecular formula is C44H42N14O3S. The monoisotopic (exact) mass is 846 g/mol. The SMILES string of the molecule is Cc1cccc(/C=N/Nc2nc(N3CCOCC3)c3nc(-c4ccncc4)oc3n2)c1.Cc1cccc(/C=N/Nc2nc(N3CCOCC3)c3nc(-c4ccncc4)sc3n2)c1. The van der Waals surface area contributed by atoms with Crippen LogP contribution in [0.25, 0.3) is 43.6 Å². The van der Waals surface area contributed by atoms with Gasteiger partial charge in [0.1, 0.15) is 10.5 Å². The number of benzene rings is 2. The fraction of sp³-hybridized carbons (Fsp3) is 0.227. The normalized spacial score (nSPS) is 14.4. The fourth-order valence-electron chi connectivity index (χ4n) is 6.77. The van der Waals surface area contributed by atoms with Crippen molar-refractivity contribution in [3.8, 4) is 22.0 Å². The molecule has 0 saturated carbocycles. The highest BCUT2D eigenvalue weighted by Gasteiger charge is 2.23. The first-order valence-electron chi connectivity index (χ1n) is 20.1. The number of rotatable bonds is 10. The first-order valence-corrected chi connectivity index (χ1v) is 20.9. The van der Waals surface area contributed by atoms with Crippen molar-refractivity contribution >= 4 is 68.9 Å². The number of oxazole rings is 1. The van der Waals surface area contributed by atoms with Gasteiger partial charge < -0.3 is 23.7 Å². The molecule has 0 amide bonds. The number of aromatic nitrogens is 8. The van der Waals surface area contributed by atoms with Gasteiger partial charge in [0.05, 0.1) is 38.9 Å². The Morgan fingerprint density at radius 2 is 1.13 bits per heavy atom. The van der Waals surface area contributed by atoms with E-state index in [-0.39, 0.29) is 0 Å². The number of hydrogen-bond donors (Lipinski definition) is 2. The van der Waals surface area contributed by atoms with Crippen molar-refractivity contribution in [2.75, 3.05) is 73.3 Å². The molecule has 17 nitrogen and oxygen atoms in total. The van der Waals surface area contributed by atoms with Crippen LogP contribution >= 0.6 is 11.3 Å². The third-order valence-corrected chi connectivity index (χ3v) is 10.8. The highest BCUT2D eigenvalue weighted by atomic mass is 32.1. The van der Waals surface area contributed by atoms with E-state index in [1.807, 2.05) is 67.6 Å². The predicted molar refractivity (Wildman–Crippen MR) is 242 cm³/mol. The number of aryl methyl sites for hydroxylation is 2. The number of anilines is 4. The molecule has 0 atom stereocenters. The molecule has 8 aromatic rings. The van der Waals surface area contributed by atoms with Crippen LogP contribution in [0, 0.1) is 13.8 Å². The number of hydrazone groups is 2. The molecule has 2 aromatic carbocycles. The number of nitrogens with zero attached hydrogens (tertiary/aromatic N) is 12. The van der Waals surface area contributed by atoms with Crippen LogP contribution in [0.3, 0.4) is 0 Å². The summed E-state index contributed by atoms with van der Waals surface area (Å²) < 4.78 is 17.0. The van der Waals surface area contributed by atoms with Gasteiger partial charge >= 0.3 is 0 Å². The Bertz CT molecular complexity index is 2630. The number of nitrogens with one attached hydrogen (secondary N) is 2. The zero-order chi connectivity index (χ0) is 42.1. The zero-order valence-electron chi connectivity index (χ0n) is 34.0. The smallest absolute Gasteiger partial charge is 0.254 e. The van der Waals surface area contributed by atoms with Crippen molar-refractivity contribution in [2.24, 2.45) is 10.2 Å². The molecule has 18 heteroatoms. The molecule has 62 heavy (non-hydrogen) atoms. The van der Waals surface area contributed by atoms with Crippen LogP contribution in [0.2, 0.25) is 0 Å². The Kier molecular flexibility index (Phi) is 12.3. The van der Waals surface area contributed by atoms with Crippen molar-refractivity contribution in [1.82, 2.24) is 39.9 Å². The van der Waals surface area contributed by atoms with Crippen LogP contribution in [0.1, 0.15) is 22.3 Å². The van der Waals surface area contributed by atoms with Gasteiger partial charge in [0.2, 0.25) is 17.8 Å². The quantitative estimate of drug-likeness (QED) is 0.106. The Balaban J connectivity index is 0.000000158. The van der Waals surface area contributed by atoms with Crippen LogP contribution in [0.5, 0.6) is 0 Å². The summed E-state index contributed by atoms with van der Waals surface area (Å²) in [5.74, 6) is 2.77. The molecule has 2 aliphatic rings. The average Bonchev–Trinajstić information content (AvgIpc) is 3.95. The first kappa shape index (κ1) is 40.1. The van der Waals surface area contributed by atoms with Gasteiger partial charge in [-0.1, -0.05) is 71.0 Å². The van der Waals surface area contributed by atoms with E-state index in [4.69, 9.17) is 23.9 Å². The molecule has 0 spiro atoms. The number of fused-ring (bicyclic) bond motifs is 2. The largest absolute Gasteiger partial charge is 0.417 e. The summed E-state index contributed by atoms with van der Waals surface area (Å²) >= 11 is 1.53. The molecular weight excluding hydrogens is 805 g/mol. The molecule has 2 saturated heterocycles. The Morgan fingerprint density at radius 3 is 1.69 bits per heavy atom. The lowest BCUT2D eigenvalue weighted by atomic mass is 10.2. The van der Waals surface area contributed by atoms with E-state index in [1.54, 1.807) is 37.2 Å². The van der Waals surface area contributed by atoms with E-state index in [2.05, 4.69) is 79.8 Å². The molecule has 2 fully saturated rings. The molecule has 10 rings (SSSR count). The summed E-state index contributed by atoms with van der Waals surface area (Å²) in [6, 6.07) is 23.8. The minimum Gasteiger partial charge on any atom is -0.417 e. The van der Waals surface area contributed by atoms with Crippen LogP contribution in [0.4, 0.5) is 23.5 Å². The number of pyridine rings is 2. The van der Waals surface area contributed by atoms with E-state index >= 15 is 0 Å².